The third kappa shape index (κ3) is 2.64. The van der Waals surface area contributed by atoms with Gasteiger partial charge in [0.25, 0.3) is 0 Å². The molecule has 1 aromatic carbocycles. The number of hydrogen-bond donors (Lipinski definition) is 1. The van der Waals surface area contributed by atoms with Crippen molar-refractivity contribution in [2.75, 3.05) is 13.1 Å². The van der Waals surface area contributed by atoms with E-state index in [0.717, 1.165) is 15.5 Å². The van der Waals surface area contributed by atoms with E-state index in [4.69, 9.17) is 5.11 Å². The van der Waals surface area contributed by atoms with E-state index in [9.17, 15) is 4.79 Å². The van der Waals surface area contributed by atoms with E-state index in [2.05, 4.69) is 42.8 Å². The van der Waals surface area contributed by atoms with Crippen LogP contribution >= 0.6 is 31.9 Å². The summed E-state index contributed by atoms with van der Waals surface area (Å²) in [5.74, 6) is -0.868. The molecule has 0 unspecified atom stereocenters. The van der Waals surface area contributed by atoms with Crippen LogP contribution in [0.25, 0.3) is 0 Å². The van der Waals surface area contributed by atoms with Crippen molar-refractivity contribution in [3.05, 3.63) is 32.7 Å². The second kappa shape index (κ2) is 4.85. The molecule has 0 radical (unpaired) electrons. The average Bonchev–Trinajstić information content (AvgIpc) is 2.15. The normalized spacial score (nSPS) is 17.1. The predicted molar refractivity (Wildman–Crippen MR) is 68.2 cm³/mol. The molecule has 0 saturated carbocycles. The molecule has 16 heavy (non-hydrogen) atoms. The van der Waals surface area contributed by atoms with Crippen molar-refractivity contribution in [3.8, 4) is 0 Å². The van der Waals surface area contributed by atoms with Crippen LogP contribution in [0.15, 0.2) is 27.1 Å². The monoisotopic (exact) mass is 347 g/mol. The number of aliphatic carboxylic acids is 1. The molecule has 1 fully saturated rings. The van der Waals surface area contributed by atoms with E-state index < -0.39 is 5.97 Å². The first-order valence-electron chi connectivity index (χ1n) is 4.95. The minimum Gasteiger partial charge on any atom is -0.481 e. The molecular formula is C11H11Br2NO2. The lowest BCUT2D eigenvalue weighted by Gasteiger charge is -2.36. The Morgan fingerprint density at radius 2 is 2.06 bits per heavy atom. The van der Waals surface area contributed by atoms with Gasteiger partial charge in [-0.3, -0.25) is 9.69 Å². The van der Waals surface area contributed by atoms with E-state index >= 15 is 0 Å². The van der Waals surface area contributed by atoms with Gasteiger partial charge < -0.3 is 5.11 Å². The molecule has 1 heterocycles. The molecule has 5 heteroatoms. The summed E-state index contributed by atoms with van der Waals surface area (Å²) in [6.45, 7) is 2.13. The summed E-state index contributed by atoms with van der Waals surface area (Å²) in [6, 6.07) is 6.09. The van der Waals surface area contributed by atoms with Crippen LogP contribution in [0.4, 0.5) is 0 Å². The molecule has 0 bridgehead atoms. The second-order valence-corrected chi connectivity index (χ2v) is 5.69. The Morgan fingerprint density at radius 1 is 1.38 bits per heavy atom. The molecule has 0 spiro atoms. The van der Waals surface area contributed by atoms with Gasteiger partial charge in [-0.1, -0.05) is 6.07 Å². The van der Waals surface area contributed by atoms with Crippen molar-refractivity contribution in [1.29, 1.82) is 0 Å². The Balaban J connectivity index is 1.91. The number of likely N-dealkylation sites (tertiary alicyclic amines) is 1. The number of halogens is 2. The Morgan fingerprint density at radius 3 is 2.62 bits per heavy atom. The highest BCUT2D eigenvalue weighted by Gasteiger charge is 2.32. The first-order chi connectivity index (χ1) is 7.56. The van der Waals surface area contributed by atoms with Crippen LogP contribution in [0.1, 0.15) is 5.56 Å². The fraction of sp³-hybridized carbons (Fsp3) is 0.364. The van der Waals surface area contributed by atoms with Crippen molar-refractivity contribution in [2.45, 2.75) is 6.54 Å². The zero-order valence-corrected chi connectivity index (χ0v) is 11.7. The van der Waals surface area contributed by atoms with Gasteiger partial charge in [-0.2, -0.15) is 0 Å². The summed E-state index contributed by atoms with van der Waals surface area (Å²) in [7, 11) is 0. The Bertz CT molecular complexity index is 416. The minimum atomic E-state index is -0.687. The van der Waals surface area contributed by atoms with Crippen LogP contribution in [0.3, 0.4) is 0 Å². The SMILES string of the molecule is O=C(O)C1CN(Cc2ccc(Br)c(Br)c2)C1. The molecule has 0 atom stereocenters. The summed E-state index contributed by atoms with van der Waals surface area (Å²) in [5.41, 5.74) is 1.19. The number of carboxylic acid groups (broad SMARTS) is 1. The van der Waals surface area contributed by atoms with Gasteiger partial charge in [-0.05, 0) is 49.6 Å². The van der Waals surface area contributed by atoms with E-state index in [0.29, 0.717) is 13.1 Å². The molecule has 2 rings (SSSR count). The zero-order valence-electron chi connectivity index (χ0n) is 8.49. The standard InChI is InChI=1S/C11H11Br2NO2/c12-9-2-1-7(3-10(9)13)4-14-5-8(6-14)11(15)16/h1-3,8H,4-6H2,(H,15,16). The molecular weight excluding hydrogens is 338 g/mol. The fourth-order valence-corrected chi connectivity index (χ4v) is 2.42. The van der Waals surface area contributed by atoms with Gasteiger partial charge in [-0.25, -0.2) is 0 Å². The van der Waals surface area contributed by atoms with Crippen LogP contribution in [-0.2, 0) is 11.3 Å². The van der Waals surface area contributed by atoms with Crippen molar-refractivity contribution >= 4 is 37.8 Å². The molecule has 0 aromatic heterocycles. The Labute approximate surface area is 111 Å². The van der Waals surface area contributed by atoms with E-state index in [1.54, 1.807) is 0 Å². The largest absolute Gasteiger partial charge is 0.481 e. The van der Waals surface area contributed by atoms with E-state index in [1.165, 1.54) is 5.56 Å². The Hall–Kier alpha value is -0.390. The lowest BCUT2D eigenvalue weighted by molar-refractivity contribution is -0.147. The molecule has 0 amide bonds. The van der Waals surface area contributed by atoms with Crippen molar-refractivity contribution in [3.63, 3.8) is 0 Å². The van der Waals surface area contributed by atoms with Gasteiger partial charge in [0.2, 0.25) is 0 Å². The van der Waals surface area contributed by atoms with Crippen LogP contribution in [0, 0.1) is 5.92 Å². The van der Waals surface area contributed by atoms with Crippen molar-refractivity contribution in [2.24, 2.45) is 5.92 Å². The summed E-state index contributed by atoms with van der Waals surface area (Å²) in [4.78, 5) is 12.8. The quantitative estimate of drug-likeness (QED) is 0.913. The number of nitrogens with zero attached hydrogens (tertiary/aromatic N) is 1. The first kappa shape index (κ1) is 12.1. The fourth-order valence-electron chi connectivity index (χ4n) is 1.75. The topological polar surface area (TPSA) is 40.5 Å². The summed E-state index contributed by atoms with van der Waals surface area (Å²) in [5, 5.41) is 8.76. The van der Waals surface area contributed by atoms with Crippen molar-refractivity contribution < 1.29 is 9.90 Å². The molecule has 1 N–H and O–H groups in total. The van der Waals surface area contributed by atoms with Crippen LogP contribution in [-0.4, -0.2) is 29.1 Å². The van der Waals surface area contributed by atoms with Crippen LogP contribution in [0.2, 0.25) is 0 Å². The predicted octanol–water partition coefficient (Wildman–Crippen LogP) is 2.73. The highest BCUT2D eigenvalue weighted by molar-refractivity contribution is 9.13. The molecule has 1 aliphatic rings. The van der Waals surface area contributed by atoms with Gasteiger partial charge in [0.1, 0.15) is 0 Å². The maximum atomic E-state index is 10.6. The summed E-state index contributed by atoms with van der Waals surface area (Å²) < 4.78 is 2.06. The highest BCUT2D eigenvalue weighted by atomic mass is 79.9. The molecule has 3 nitrogen and oxygen atoms in total. The van der Waals surface area contributed by atoms with Gasteiger partial charge >= 0.3 is 5.97 Å². The number of carboxylic acids is 1. The smallest absolute Gasteiger partial charge is 0.309 e. The lowest BCUT2D eigenvalue weighted by Crippen LogP contribution is -2.49. The number of rotatable bonds is 3. The summed E-state index contributed by atoms with van der Waals surface area (Å²) in [6.07, 6.45) is 0. The number of carbonyl (C=O) groups is 1. The highest BCUT2D eigenvalue weighted by Crippen LogP contribution is 2.26. The molecule has 1 aliphatic heterocycles. The third-order valence-corrected chi connectivity index (χ3v) is 4.58. The first-order valence-corrected chi connectivity index (χ1v) is 6.54. The van der Waals surface area contributed by atoms with Crippen LogP contribution in [0.5, 0.6) is 0 Å². The Kier molecular flexibility index (Phi) is 3.66. The van der Waals surface area contributed by atoms with Crippen molar-refractivity contribution in [1.82, 2.24) is 4.90 Å². The zero-order chi connectivity index (χ0) is 11.7. The van der Waals surface area contributed by atoms with E-state index in [1.807, 2.05) is 12.1 Å². The third-order valence-electron chi connectivity index (χ3n) is 2.70. The molecule has 0 aliphatic carbocycles. The second-order valence-electron chi connectivity index (χ2n) is 3.98. The minimum absolute atomic E-state index is 0.182. The number of benzene rings is 1. The van der Waals surface area contributed by atoms with Gasteiger partial charge in [-0.15, -0.1) is 0 Å². The molecule has 1 saturated heterocycles. The van der Waals surface area contributed by atoms with Gasteiger partial charge in [0.15, 0.2) is 0 Å². The maximum absolute atomic E-state index is 10.6. The number of hydrogen-bond acceptors (Lipinski definition) is 2. The molecule has 1 aromatic rings. The average molecular weight is 349 g/mol. The molecule has 86 valence electrons. The lowest BCUT2D eigenvalue weighted by atomic mass is 10.00. The maximum Gasteiger partial charge on any atom is 0.309 e. The summed E-state index contributed by atoms with van der Waals surface area (Å²) >= 11 is 6.87. The van der Waals surface area contributed by atoms with Gasteiger partial charge in [0, 0.05) is 28.6 Å². The van der Waals surface area contributed by atoms with E-state index in [-0.39, 0.29) is 5.92 Å². The van der Waals surface area contributed by atoms with Gasteiger partial charge in [0.05, 0.1) is 5.92 Å². The van der Waals surface area contributed by atoms with Crippen LogP contribution < -0.4 is 0 Å².